The van der Waals surface area contributed by atoms with E-state index in [1.54, 1.807) is 7.11 Å². The van der Waals surface area contributed by atoms with Gasteiger partial charge >= 0.3 is 0 Å². The fraction of sp³-hybridized carbons (Fsp3) is 0.588. The lowest BCUT2D eigenvalue weighted by atomic mass is 10.0. The second kappa shape index (κ2) is 7.44. The topological polar surface area (TPSA) is 29.5 Å². The van der Waals surface area contributed by atoms with Crippen LogP contribution in [0.4, 0.5) is 0 Å². The van der Waals surface area contributed by atoms with Crippen molar-refractivity contribution < 1.29 is 9.53 Å². The Morgan fingerprint density at radius 1 is 1.25 bits per heavy atom. The van der Waals surface area contributed by atoms with Crippen molar-refractivity contribution in [2.75, 3.05) is 26.7 Å². The molecule has 0 unspecified atom stereocenters. The normalized spacial score (nSPS) is 16.1. The molecule has 0 saturated carbocycles. The second-order valence-corrected chi connectivity index (χ2v) is 5.46. The van der Waals surface area contributed by atoms with Gasteiger partial charge in [-0.25, -0.2) is 0 Å². The van der Waals surface area contributed by atoms with Gasteiger partial charge in [0.2, 0.25) is 0 Å². The van der Waals surface area contributed by atoms with E-state index in [1.807, 2.05) is 18.2 Å². The van der Waals surface area contributed by atoms with Crippen LogP contribution in [-0.2, 0) is 6.42 Å². The second-order valence-electron chi connectivity index (χ2n) is 5.46. The molecule has 0 N–H and O–H groups in total. The maximum atomic E-state index is 12.3. The number of likely N-dealkylation sites (tertiary alicyclic amines) is 1. The third-order valence-corrected chi connectivity index (χ3v) is 4.09. The number of Topliss-reactive ketones (excluding diaryl/α,β-unsaturated/α-hetero) is 1. The van der Waals surface area contributed by atoms with Gasteiger partial charge in [0.25, 0.3) is 0 Å². The van der Waals surface area contributed by atoms with Crippen LogP contribution in [0.1, 0.15) is 48.5 Å². The summed E-state index contributed by atoms with van der Waals surface area (Å²) in [5.74, 6) is 1.12. The van der Waals surface area contributed by atoms with Crippen LogP contribution in [0, 0.1) is 0 Å². The number of methoxy groups -OCH3 is 1. The van der Waals surface area contributed by atoms with Gasteiger partial charge in [-0.1, -0.05) is 13.3 Å². The van der Waals surface area contributed by atoms with Crippen LogP contribution in [0.25, 0.3) is 0 Å². The van der Waals surface area contributed by atoms with Gasteiger partial charge in [0.1, 0.15) is 5.75 Å². The largest absolute Gasteiger partial charge is 0.496 e. The van der Waals surface area contributed by atoms with Gasteiger partial charge in [0.15, 0.2) is 5.78 Å². The number of ether oxygens (including phenoxy) is 1. The monoisotopic (exact) mass is 275 g/mol. The summed E-state index contributed by atoms with van der Waals surface area (Å²) in [6.07, 6.45) is 5.39. The molecule has 20 heavy (non-hydrogen) atoms. The standard InChI is InChI=1S/C17H25NO2/c1-3-14-13-15(7-8-17(14)20-2)16(19)9-12-18-10-5-4-6-11-18/h7-8,13H,3-6,9-12H2,1-2H3. The first kappa shape index (κ1) is 15.0. The summed E-state index contributed by atoms with van der Waals surface area (Å²) in [4.78, 5) is 14.7. The fourth-order valence-corrected chi connectivity index (χ4v) is 2.82. The Balaban J connectivity index is 1.94. The maximum Gasteiger partial charge on any atom is 0.164 e. The minimum absolute atomic E-state index is 0.243. The molecule has 0 aliphatic carbocycles. The number of carbonyl (C=O) groups is 1. The highest BCUT2D eigenvalue weighted by atomic mass is 16.5. The molecule has 1 aromatic carbocycles. The van der Waals surface area contributed by atoms with Gasteiger partial charge in [-0.2, -0.15) is 0 Å². The number of carbonyl (C=O) groups excluding carboxylic acids is 1. The van der Waals surface area contributed by atoms with E-state index in [2.05, 4.69) is 11.8 Å². The number of ketones is 1. The summed E-state index contributed by atoms with van der Waals surface area (Å²) in [5, 5.41) is 0. The zero-order valence-corrected chi connectivity index (χ0v) is 12.7. The number of hydrogen-bond acceptors (Lipinski definition) is 3. The molecular weight excluding hydrogens is 250 g/mol. The summed E-state index contributed by atoms with van der Waals surface area (Å²) in [7, 11) is 1.67. The lowest BCUT2D eigenvalue weighted by Gasteiger charge is -2.25. The molecular formula is C17H25NO2. The molecule has 0 aromatic heterocycles. The summed E-state index contributed by atoms with van der Waals surface area (Å²) in [6.45, 7) is 5.28. The summed E-state index contributed by atoms with van der Waals surface area (Å²) >= 11 is 0. The molecule has 1 aliphatic rings. The lowest BCUT2D eigenvalue weighted by Crippen LogP contribution is -2.31. The summed E-state index contributed by atoms with van der Waals surface area (Å²) in [6, 6.07) is 5.78. The van der Waals surface area contributed by atoms with Gasteiger partial charge in [0.05, 0.1) is 7.11 Å². The Morgan fingerprint density at radius 3 is 2.65 bits per heavy atom. The Kier molecular flexibility index (Phi) is 5.60. The third-order valence-electron chi connectivity index (χ3n) is 4.09. The first-order valence-electron chi connectivity index (χ1n) is 7.67. The quantitative estimate of drug-likeness (QED) is 0.746. The lowest BCUT2D eigenvalue weighted by molar-refractivity contribution is 0.0958. The molecule has 0 radical (unpaired) electrons. The molecule has 110 valence electrons. The maximum absolute atomic E-state index is 12.3. The Bertz CT molecular complexity index is 450. The van der Waals surface area contributed by atoms with Crippen molar-refractivity contribution >= 4 is 5.78 Å². The minimum Gasteiger partial charge on any atom is -0.496 e. The predicted octanol–water partition coefficient (Wildman–Crippen LogP) is 3.32. The summed E-state index contributed by atoms with van der Waals surface area (Å²) < 4.78 is 5.31. The SMILES string of the molecule is CCc1cc(C(=O)CCN2CCCCC2)ccc1OC. The zero-order valence-electron chi connectivity index (χ0n) is 12.7. The van der Waals surface area contributed by atoms with Crippen molar-refractivity contribution in [3.63, 3.8) is 0 Å². The molecule has 2 rings (SSSR count). The van der Waals surface area contributed by atoms with Crippen molar-refractivity contribution in [1.29, 1.82) is 0 Å². The first-order chi connectivity index (χ1) is 9.74. The van der Waals surface area contributed by atoms with Crippen LogP contribution in [-0.4, -0.2) is 37.4 Å². The molecule has 0 atom stereocenters. The van der Waals surface area contributed by atoms with Crippen molar-refractivity contribution in [3.8, 4) is 5.75 Å². The van der Waals surface area contributed by atoms with Crippen LogP contribution < -0.4 is 4.74 Å². The van der Waals surface area contributed by atoms with Crippen LogP contribution in [0.5, 0.6) is 5.75 Å². The molecule has 0 bridgehead atoms. The van der Waals surface area contributed by atoms with E-state index in [4.69, 9.17) is 4.74 Å². The van der Waals surface area contributed by atoms with E-state index in [0.717, 1.165) is 42.9 Å². The van der Waals surface area contributed by atoms with E-state index in [9.17, 15) is 4.79 Å². The number of aryl methyl sites for hydroxylation is 1. The van der Waals surface area contributed by atoms with Crippen LogP contribution >= 0.6 is 0 Å². The fourth-order valence-electron chi connectivity index (χ4n) is 2.82. The van der Waals surface area contributed by atoms with E-state index in [1.165, 1.54) is 19.3 Å². The van der Waals surface area contributed by atoms with E-state index < -0.39 is 0 Å². The number of piperidine rings is 1. The number of nitrogens with zero attached hydrogens (tertiary/aromatic N) is 1. The molecule has 1 aromatic rings. The highest BCUT2D eigenvalue weighted by molar-refractivity contribution is 5.96. The minimum atomic E-state index is 0.243. The molecule has 3 heteroatoms. The van der Waals surface area contributed by atoms with Crippen molar-refractivity contribution in [1.82, 2.24) is 4.90 Å². The van der Waals surface area contributed by atoms with E-state index in [-0.39, 0.29) is 5.78 Å². The van der Waals surface area contributed by atoms with Crippen LogP contribution in [0.2, 0.25) is 0 Å². The molecule has 0 spiro atoms. The summed E-state index contributed by atoms with van der Waals surface area (Å²) in [5.41, 5.74) is 1.93. The smallest absolute Gasteiger partial charge is 0.164 e. The first-order valence-corrected chi connectivity index (χ1v) is 7.67. The molecule has 1 fully saturated rings. The zero-order chi connectivity index (χ0) is 14.4. The number of rotatable bonds is 6. The third kappa shape index (κ3) is 3.83. The van der Waals surface area contributed by atoms with Gasteiger partial charge < -0.3 is 9.64 Å². The Labute approximate surface area is 121 Å². The van der Waals surface area contributed by atoms with Crippen molar-refractivity contribution in [2.45, 2.75) is 39.0 Å². The van der Waals surface area contributed by atoms with Gasteiger partial charge in [0, 0.05) is 18.5 Å². The number of benzene rings is 1. The van der Waals surface area contributed by atoms with Crippen molar-refractivity contribution in [2.24, 2.45) is 0 Å². The average molecular weight is 275 g/mol. The molecule has 3 nitrogen and oxygen atoms in total. The number of hydrogen-bond donors (Lipinski definition) is 0. The Hall–Kier alpha value is -1.35. The van der Waals surface area contributed by atoms with Crippen LogP contribution in [0.15, 0.2) is 18.2 Å². The molecule has 1 heterocycles. The highest BCUT2D eigenvalue weighted by Crippen LogP contribution is 2.21. The molecule has 0 amide bonds. The van der Waals surface area contributed by atoms with Gasteiger partial charge in [-0.3, -0.25) is 4.79 Å². The van der Waals surface area contributed by atoms with Gasteiger partial charge in [-0.05, 0) is 56.1 Å². The van der Waals surface area contributed by atoms with Gasteiger partial charge in [-0.15, -0.1) is 0 Å². The van der Waals surface area contributed by atoms with E-state index >= 15 is 0 Å². The van der Waals surface area contributed by atoms with E-state index in [0.29, 0.717) is 6.42 Å². The van der Waals surface area contributed by atoms with Crippen molar-refractivity contribution in [3.05, 3.63) is 29.3 Å². The predicted molar refractivity (Wildman–Crippen MR) is 81.6 cm³/mol. The Morgan fingerprint density at radius 2 is 2.00 bits per heavy atom. The molecule has 1 saturated heterocycles. The molecule has 1 aliphatic heterocycles. The van der Waals surface area contributed by atoms with Crippen LogP contribution in [0.3, 0.4) is 0 Å². The average Bonchev–Trinajstić information content (AvgIpc) is 2.52. The highest BCUT2D eigenvalue weighted by Gasteiger charge is 2.13.